The standard InChI is InChI=1S/C27H28FN5O4S/c1-17-7-9-22-23(15-17)31-25(30-22)16-29-27(34)20-11-13-33(14-12-20)38(35,36)26-18(2)32-37-24(26)10-8-19-5-3-4-6-21(19)28/h3-10,15,20H,11-14,16H2,1-2H3,(H,29,34)(H,30,31)/b10-8+. The zero-order valence-electron chi connectivity index (χ0n) is 21.1. The number of rotatable bonds is 7. The number of piperidine rings is 1. The molecule has 5 rings (SSSR count). The lowest BCUT2D eigenvalue weighted by Gasteiger charge is -2.30. The van der Waals surface area contributed by atoms with Gasteiger partial charge in [0.05, 0.1) is 17.6 Å². The number of fused-ring (bicyclic) bond motifs is 1. The third-order valence-corrected chi connectivity index (χ3v) is 8.75. The van der Waals surface area contributed by atoms with Gasteiger partial charge in [-0.1, -0.05) is 29.4 Å². The van der Waals surface area contributed by atoms with Crippen LogP contribution < -0.4 is 5.32 Å². The molecule has 1 amide bonds. The van der Waals surface area contributed by atoms with Crippen molar-refractivity contribution in [3.8, 4) is 0 Å². The van der Waals surface area contributed by atoms with E-state index in [1.165, 1.54) is 22.5 Å². The second-order valence-electron chi connectivity index (χ2n) is 9.42. The topological polar surface area (TPSA) is 121 Å². The molecule has 198 valence electrons. The number of aromatic amines is 1. The van der Waals surface area contributed by atoms with Gasteiger partial charge in [0, 0.05) is 24.6 Å². The highest BCUT2D eigenvalue weighted by Crippen LogP contribution is 2.29. The molecule has 2 N–H and O–H groups in total. The number of amides is 1. The van der Waals surface area contributed by atoms with Crippen molar-refractivity contribution in [2.45, 2.75) is 38.1 Å². The largest absolute Gasteiger partial charge is 0.355 e. The summed E-state index contributed by atoms with van der Waals surface area (Å²) in [6, 6.07) is 12.1. The first kappa shape index (κ1) is 25.8. The molecule has 4 aromatic rings. The molecule has 3 heterocycles. The van der Waals surface area contributed by atoms with Crippen LogP contribution in [0.3, 0.4) is 0 Å². The minimum absolute atomic E-state index is 0.0339. The molecule has 0 saturated carbocycles. The van der Waals surface area contributed by atoms with Gasteiger partial charge in [-0.05, 0) is 62.6 Å². The second-order valence-corrected chi connectivity index (χ2v) is 11.3. The quantitative estimate of drug-likeness (QED) is 0.365. The Morgan fingerprint density at radius 3 is 2.71 bits per heavy atom. The Kier molecular flexibility index (Phi) is 7.13. The predicted octanol–water partition coefficient (Wildman–Crippen LogP) is 4.19. The third kappa shape index (κ3) is 5.25. The van der Waals surface area contributed by atoms with Crippen LogP contribution in [-0.2, 0) is 21.4 Å². The molecule has 1 aliphatic rings. The van der Waals surface area contributed by atoms with Crippen LogP contribution in [0.1, 0.15) is 41.2 Å². The monoisotopic (exact) mass is 537 g/mol. The fourth-order valence-corrected chi connectivity index (χ4v) is 6.36. The van der Waals surface area contributed by atoms with Crippen LogP contribution in [-0.4, -0.2) is 46.8 Å². The predicted molar refractivity (Wildman–Crippen MR) is 141 cm³/mol. The smallest absolute Gasteiger partial charge is 0.248 e. The van der Waals surface area contributed by atoms with Gasteiger partial charge in [0.25, 0.3) is 0 Å². The lowest BCUT2D eigenvalue weighted by molar-refractivity contribution is -0.126. The van der Waals surface area contributed by atoms with E-state index >= 15 is 0 Å². The Morgan fingerprint density at radius 2 is 1.95 bits per heavy atom. The maximum atomic E-state index is 14.0. The highest BCUT2D eigenvalue weighted by molar-refractivity contribution is 7.89. The normalized spacial score (nSPS) is 15.4. The number of nitrogens with one attached hydrogen (secondary N) is 2. The molecule has 2 aromatic heterocycles. The van der Waals surface area contributed by atoms with Gasteiger partial charge < -0.3 is 14.8 Å². The van der Waals surface area contributed by atoms with E-state index in [1.54, 1.807) is 25.1 Å². The highest BCUT2D eigenvalue weighted by atomic mass is 32.2. The summed E-state index contributed by atoms with van der Waals surface area (Å²) in [5.41, 5.74) is 3.40. The van der Waals surface area contributed by atoms with Gasteiger partial charge in [0.2, 0.25) is 15.9 Å². The Morgan fingerprint density at radius 1 is 1.18 bits per heavy atom. The molecule has 1 saturated heterocycles. The molecule has 1 fully saturated rings. The zero-order valence-corrected chi connectivity index (χ0v) is 21.9. The number of imidazole rings is 1. The van der Waals surface area contributed by atoms with E-state index < -0.39 is 15.8 Å². The van der Waals surface area contributed by atoms with Crippen LogP contribution in [0.15, 0.2) is 51.9 Å². The fourth-order valence-electron chi connectivity index (χ4n) is 4.64. The fraction of sp³-hybridized carbons (Fsp3) is 0.296. The average Bonchev–Trinajstić information content (AvgIpc) is 3.49. The summed E-state index contributed by atoms with van der Waals surface area (Å²) in [5.74, 6) is -0.171. The number of aromatic nitrogens is 3. The summed E-state index contributed by atoms with van der Waals surface area (Å²) < 4.78 is 47.5. The number of sulfonamides is 1. The maximum Gasteiger partial charge on any atom is 0.248 e. The summed E-state index contributed by atoms with van der Waals surface area (Å²) in [5, 5.41) is 6.75. The van der Waals surface area contributed by atoms with Crippen molar-refractivity contribution in [2.24, 2.45) is 5.92 Å². The number of aryl methyl sites for hydroxylation is 2. The van der Waals surface area contributed by atoms with Crippen LogP contribution in [0, 0.1) is 25.6 Å². The number of halogens is 1. The van der Waals surface area contributed by atoms with E-state index in [1.807, 2.05) is 25.1 Å². The first-order chi connectivity index (χ1) is 18.2. The molecule has 0 spiro atoms. The van der Waals surface area contributed by atoms with Gasteiger partial charge in [0.15, 0.2) is 10.7 Å². The number of carbonyl (C=O) groups excluding carboxylic acids is 1. The summed E-state index contributed by atoms with van der Waals surface area (Å²) in [4.78, 5) is 20.5. The van der Waals surface area contributed by atoms with E-state index in [9.17, 15) is 17.6 Å². The minimum Gasteiger partial charge on any atom is -0.355 e. The highest BCUT2D eigenvalue weighted by Gasteiger charge is 2.36. The van der Waals surface area contributed by atoms with Crippen molar-refractivity contribution in [3.05, 3.63) is 76.7 Å². The number of carbonyl (C=O) groups is 1. The molecule has 9 nitrogen and oxygen atoms in total. The van der Waals surface area contributed by atoms with Crippen molar-refractivity contribution in [1.29, 1.82) is 0 Å². The summed E-state index contributed by atoms with van der Waals surface area (Å²) >= 11 is 0. The molecule has 0 radical (unpaired) electrons. The Bertz CT molecular complexity index is 1620. The number of benzene rings is 2. The van der Waals surface area contributed by atoms with Crippen molar-refractivity contribution < 1.29 is 22.1 Å². The number of hydrogen-bond acceptors (Lipinski definition) is 6. The molecule has 2 aromatic carbocycles. The molecule has 0 bridgehead atoms. The molecule has 1 aliphatic heterocycles. The number of nitrogens with zero attached hydrogens (tertiary/aromatic N) is 3. The van der Waals surface area contributed by atoms with Crippen LogP contribution >= 0.6 is 0 Å². The first-order valence-corrected chi connectivity index (χ1v) is 13.8. The first-order valence-electron chi connectivity index (χ1n) is 12.3. The van der Waals surface area contributed by atoms with E-state index in [4.69, 9.17) is 4.52 Å². The van der Waals surface area contributed by atoms with Crippen molar-refractivity contribution in [1.82, 2.24) is 24.7 Å². The van der Waals surface area contributed by atoms with Gasteiger partial charge >= 0.3 is 0 Å². The molecule has 0 aliphatic carbocycles. The van der Waals surface area contributed by atoms with E-state index in [0.29, 0.717) is 24.2 Å². The van der Waals surface area contributed by atoms with Crippen molar-refractivity contribution >= 4 is 39.1 Å². The van der Waals surface area contributed by atoms with Crippen LogP contribution in [0.2, 0.25) is 0 Å². The van der Waals surface area contributed by atoms with Crippen LogP contribution in [0.25, 0.3) is 23.2 Å². The molecule has 38 heavy (non-hydrogen) atoms. The average molecular weight is 538 g/mol. The maximum absolute atomic E-state index is 14.0. The van der Waals surface area contributed by atoms with Gasteiger partial charge in [-0.25, -0.2) is 17.8 Å². The van der Waals surface area contributed by atoms with Crippen LogP contribution in [0.5, 0.6) is 0 Å². The molecule has 0 unspecified atom stereocenters. The SMILES string of the molecule is Cc1ccc2nc(CNC(=O)C3CCN(S(=O)(=O)c4c(C)noc4/C=C/c4ccccc4F)CC3)[nH]c2c1. The van der Waals surface area contributed by atoms with Gasteiger partial charge in [-0.15, -0.1) is 0 Å². The van der Waals surface area contributed by atoms with Gasteiger partial charge in [0.1, 0.15) is 17.3 Å². The lowest BCUT2D eigenvalue weighted by atomic mass is 9.97. The molecule has 0 atom stereocenters. The second kappa shape index (κ2) is 10.5. The summed E-state index contributed by atoms with van der Waals surface area (Å²) in [6.45, 7) is 4.19. The van der Waals surface area contributed by atoms with Gasteiger partial charge in [-0.2, -0.15) is 4.31 Å². The Balaban J connectivity index is 1.22. The Labute approximate surface area is 219 Å². The Hall–Kier alpha value is -3.83. The van der Waals surface area contributed by atoms with E-state index in [2.05, 4.69) is 20.4 Å². The van der Waals surface area contributed by atoms with Crippen LogP contribution in [0.4, 0.5) is 4.39 Å². The number of hydrogen-bond donors (Lipinski definition) is 2. The zero-order chi connectivity index (χ0) is 26.9. The van der Waals surface area contributed by atoms with Gasteiger partial charge in [-0.3, -0.25) is 4.79 Å². The minimum atomic E-state index is -3.93. The summed E-state index contributed by atoms with van der Waals surface area (Å²) in [6.07, 6.45) is 3.63. The van der Waals surface area contributed by atoms with E-state index in [-0.39, 0.29) is 47.8 Å². The summed E-state index contributed by atoms with van der Waals surface area (Å²) in [7, 11) is -3.93. The molecular weight excluding hydrogens is 509 g/mol. The lowest BCUT2D eigenvalue weighted by Crippen LogP contribution is -2.43. The number of H-pyrrole nitrogens is 1. The molecule has 11 heteroatoms. The third-order valence-electron chi connectivity index (χ3n) is 6.69. The van der Waals surface area contributed by atoms with Crippen molar-refractivity contribution in [2.75, 3.05) is 13.1 Å². The van der Waals surface area contributed by atoms with Crippen molar-refractivity contribution in [3.63, 3.8) is 0 Å². The van der Waals surface area contributed by atoms with E-state index in [0.717, 1.165) is 16.6 Å². The molecular formula is C27H28FN5O4S.